The molecule has 6 heteroatoms. The van der Waals surface area contributed by atoms with E-state index in [0.29, 0.717) is 19.7 Å². The second-order valence-electron chi connectivity index (χ2n) is 6.15. The summed E-state index contributed by atoms with van der Waals surface area (Å²) in [6.45, 7) is 5.77. The lowest BCUT2D eigenvalue weighted by Crippen LogP contribution is -2.53. The van der Waals surface area contributed by atoms with Gasteiger partial charge in [-0.3, -0.25) is 0 Å². The van der Waals surface area contributed by atoms with Crippen LogP contribution in [-0.4, -0.2) is 35.6 Å². The Bertz CT molecular complexity index is 662. The molecule has 2 amide bonds. The molecule has 1 N–H and O–H groups in total. The van der Waals surface area contributed by atoms with Gasteiger partial charge in [0.2, 0.25) is 0 Å². The van der Waals surface area contributed by atoms with Crippen LogP contribution in [0.25, 0.3) is 0 Å². The van der Waals surface area contributed by atoms with Gasteiger partial charge < -0.3 is 15.0 Å². The number of nitrogens with zero attached hydrogens (tertiary/aromatic N) is 2. The summed E-state index contributed by atoms with van der Waals surface area (Å²) < 4.78 is 6.00. The van der Waals surface area contributed by atoms with Crippen molar-refractivity contribution >= 4 is 17.4 Å². The third-order valence-corrected chi connectivity index (χ3v) is 5.29. The van der Waals surface area contributed by atoms with Crippen molar-refractivity contribution < 1.29 is 9.53 Å². The minimum Gasteiger partial charge on any atom is -0.367 e. The second kappa shape index (κ2) is 7.32. The highest BCUT2D eigenvalue weighted by atomic mass is 32.1. The van der Waals surface area contributed by atoms with Crippen molar-refractivity contribution in [2.75, 3.05) is 19.7 Å². The molecule has 0 aliphatic carbocycles. The summed E-state index contributed by atoms with van der Waals surface area (Å²) in [6.07, 6.45) is 2.59. The second-order valence-corrected chi connectivity index (χ2v) is 7.07. The van der Waals surface area contributed by atoms with Crippen LogP contribution in [-0.2, 0) is 10.3 Å². The SMILES string of the molecule is CC[C@@H](NC(=O)N1CCO[C@](C)(c2ccccc2)C1)c1nccs1. The normalized spacial score (nSPS) is 22.2. The Labute approximate surface area is 146 Å². The summed E-state index contributed by atoms with van der Waals surface area (Å²) in [5.74, 6) is 0. The minimum absolute atomic E-state index is 0.0386. The molecule has 1 aromatic heterocycles. The van der Waals surface area contributed by atoms with Gasteiger partial charge in [0.1, 0.15) is 10.6 Å². The van der Waals surface area contributed by atoms with Crippen molar-refractivity contribution in [2.24, 2.45) is 0 Å². The van der Waals surface area contributed by atoms with Crippen LogP contribution in [0.2, 0.25) is 0 Å². The van der Waals surface area contributed by atoms with Crippen molar-refractivity contribution in [3.05, 3.63) is 52.5 Å². The Balaban J connectivity index is 1.69. The summed E-state index contributed by atoms with van der Waals surface area (Å²) in [5, 5.41) is 5.99. The fourth-order valence-electron chi connectivity index (χ4n) is 2.99. The number of amides is 2. The van der Waals surface area contributed by atoms with E-state index in [4.69, 9.17) is 4.74 Å². The maximum absolute atomic E-state index is 12.7. The van der Waals surface area contributed by atoms with Crippen molar-refractivity contribution in [1.82, 2.24) is 15.2 Å². The van der Waals surface area contributed by atoms with E-state index < -0.39 is 5.60 Å². The number of carbonyl (C=O) groups is 1. The number of hydrogen-bond donors (Lipinski definition) is 1. The maximum atomic E-state index is 12.7. The zero-order chi connectivity index (χ0) is 17.0. The molecule has 1 fully saturated rings. The molecule has 0 unspecified atom stereocenters. The average Bonchev–Trinajstić information content (AvgIpc) is 3.15. The number of rotatable bonds is 4. The zero-order valence-corrected chi connectivity index (χ0v) is 14.9. The van der Waals surface area contributed by atoms with Crippen LogP contribution in [0.5, 0.6) is 0 Å². The topological polar surface area (TPSA) is 54.5 Å². The van der Waals surface area contributed by atoms with Gasteiger partial charge in [0.25, 0.3) is 0 Å². The first-order chi connectivity index (χ1) is 11.6. The standard InChI is InChI=1S/C18H23N3O2S/c1-3-15(16-19-9-12-24-16)20-17(22)21-10-11-23-18(2,13-21)14-7-5-4-6-8-14/h4-9,12,15H,3,10-11,13H2,1-2H3,(H,20,22)/t15-,18+/m1/s1. The van der Waals surface area contributed by atoms with Gasteiger partial charge in [-0.1, -0.05) is 37.3 Å². The number of morpholine rings is 1. The Morgan fingerprint density at radius 3 is 2.92 bits per heavy atom. The lowest BCUT2D eigenvalue weighted by molar-refractivity contribution is -0.0908. The van der Waals surface area contributed by atoms with Gasteiger partial charge in [-0.15, -0.1) is 11.3 Å². The van der Waals surface area contributed by atoms with E-state index in [1.165, 1.54) is 0 Å². The van der Waals surface area contributed by atoms with Gasteiger partial charge in [-0.25, -0.2) is 9.78 Å². The zero-order valence-electron chi connectivity index (χ0n) is 14.1. The van der Waals surface area contributed by atoms with E-state index in [0.717, 1.165) is 17.0 Å². The summed E-state index contributed by atoms with van der Waals surface area (Å²) in [6, 6.07) is 9.99. The maximum Gasteiger partial charge on any atom is 0.318 e. The van der Waals surface area contributed by atoms with Crippen LogP contribution < -0.4 is 5.32 Å². The number of hydrogen-bond acceptors (Lipinski definition) is 4. The Morgan fingerprint density at radius 2 is 2.25 bits per heavy atom. The van der Waals surface area contributed by atoms with Gasteiger partial charge in [-0.05, 0) is 18.9 Å². The lowest BCUT2D eigenvalue weighted by Gasteiger charge is -2.41. The van der Waals surface area contributed by atoms with Crippen LogP contribution in [0.1, 0.15) is 36.9 Å². The average molecular weight is 345 g/mol. The van der Waals surface area contributed by atoms with Gasteiger partial charge in [0.05, 0.1) is 19.2 Å². The van der Waals surface area contributed by atoms with Crippen molar-refractivity contribution in [3.63, 3.8) is 0 Å². The van der Waals surface area contributed by atoms with Crippen molar-refractivity contribution in [1.29, 1.82) is 0 Å². The molecule has 1 aromatic carbocycles. The fraction of sp³-hybridized carbons (Fsp3) is 0.444. The van der Waals surface area contributed by atoms with Crippen LogP contribution >= 0.6 is 11.3 Å². The molecular formula is C18H23N3O2S. The molecule has 0 spiro atoms. The smallest absolute Gasteiger partial charge is 0.318 e. The molecule has 2 heterocycles. The number of thiazole rings is 1. The first-order valence-corrected chi connectivity index (χ1v) is 9.14. The van der Waals surface area contributed by atoms with Crippen molar-refractivity contribution in [2.45, 2.75) is 31.9 Å². The molecule has 1 saturated heterocycles. The van der Waals surface area contributed by atoms with Crippen LogP contribution in [0, 0.1) is 0 Å². The minimum atomic E-state index is -0.472. The molecule has 2 aromatic rings. The number of nitrogens with one attached hydrogen (secondary N) is 1. The summed E-state index contributed by atoms with van der Waals surface area (Å²) in [5.41, 5.74) is 0.620. The third kappa shape index (κ3) is 3.60. The number of ether oxygens (including phenoxy) is 1. The monoisotopic (exact) mass is 345 g/mol. The third-order valence-electron chi connectivity index (χ3n) is 4.40. The van der Waals surface area contributed by atoms with E-state index >= 15 is 0 Å². The molecule has 0 bridgehead atoms. The first-order valence-electron chi connectivity index (χ1n) is 8.26. The number of urea groups is 1. The Kier molecular flexibility index (Phi) is 5.16. The quantitative estimate of drug-likeness (QED) is 0.922. The molecule has 0 saturated carbocycles. The van der Waals surface area contributed by atoms with E-state index in [9.17, 15) is 4.79 Å². The highest BCUT2D eigenvalue weighted by Gasteiger charge is 2.36. The molecule has 2 atom stereocenters. The van der Waals surface area contributed by atoms with Gasteiger partial charge >= 0.3 is 6.03 Å². The van der Waals surface area contributed by atoms with Gasteiger partial charge in [-0.2, -0.15) is 0 Å². The summed E-state index contributed by atoms with van der Waals surface area (Å²) >= 11 is 1.57. The van der Waals surface area contributed by atoms with Crippen molar-refractivity contribution in [3.8, 4) is 0 Å². The van der Waals surface area contributed by atoms with Crippen LogP contribution in [0.15, 0.2) is 41.9 Å². The molecular weight excluding hydrogens is 322 g/mol. The highest BCUT2D eigenvalue weighted by molar-refractivity contribution is 7.09. The largest absolute Gasteiger partial charge is 0.367 e. The molecule has 1 aliphatic heterocycles. The van der Waals surface area contributed by atoms with E-state index in [2.05, 4.69) is 17.2 Å². The lowest BCUT2D eigenvalue weighted by atomic mass is 9.94. The van der Waals surface area contributed by atoms with Gasteiger partial charge in [0, 0.05) is 18.1 Å². The molecule has 24 heavy (non-hydrogen) atoms. The predicted molar refractivity (Wildman–Crippen MR) is 95.0 cm³/mol. The van der Waals surface area contributed by atoms with Crippen LogP contribution in [0.3, 0.4) is 0 Å². The van der Waals surface area contributed by atoms with E-state index in [-0.39, 0.29) is 12.1 Å². The molecule has 5 nitrogen and oxygen atoms in total. The molecule has 0 radical (unpaired) electrons. The predicted octanol–water partition coefficient (Wildman–Crippen LogP) is 3.55. The van der Waals surface area contributed by atoms with Gasteiger partial charge in [0.15, 0.2) is 0 Å². The molecule has 128 valence electrons. The highest BCUT2D eigenvalue weighted by Crippen LogP contribution is 2.29. The first kappa shape index (κ1) is 16.9. The Morgan fingerprint density at radius 1 is 1.46 bits per heavy atom. The number of benzene rings is 1. The molecule has 3 rings (SSSR count). The number of carbonyl (C=O) groups excluding carboxylic acids is 1. The number of aromatic nitrogens is 1. The van der Waals surface area contributed by atoms with E-state index in [1.54, 1.807) is 17.5 Å². The fourth-order valence-corrected chi connectivity index (χ4v) is 3.77. The van der Waals surface area contributed by atoms with E-state index in [1.807, 2.05) is 47.5 Å². The Hall–Kier alpha value is -1.92. The molecule has 1 aliphatic rings. The van der Waals surface area contributed by atoms with Crippen LogP contribution in [0.4, 0.5) is 4.79 Å². The summed E-state index contributed by atoms with van der Waals surface area (Å²) in [7, 11) is 0. The summed E-state index contributed by atoms with van der Waals surface area (Å²) in [4.78, 5) is 18.9.